The van der Waals surface area contributed by atoms with Gasteiger partial charge in [0, 0.05) is 18.0 Å². The molecule has 1 amide bonds. The molecule has 5 nitrogen and oxygen atoms in total. The van der Waals surface area contributed by atoms with Gasteiger partial charge in [-0.15, -0.1) is 0 Å². The van der Waals surface area contributed by atoms with E-state index in [1.54, 1.807) is 7.11 Å². The molecule has 1 atom stereocenters. The summed E-state index contributed by atoms with van der Waals surface area (Å²) < 4.78 is 5.27. The van der Waals surface area contributed by atoms with Gasteiger partial charge in [0.05, 0.1) is 19.3 Å². The number of hydrogen-bond acceptors (Lipinski definition) is 4. The van der Waals surface area contributed by atoms with Gasteiger partial charge in [-0.3, -0.25) is 9.78 Å². The lowest BCUT2D eigenvalue weighted by atomic mass is 10.1. The smallest absolute Gasteiger partial charge is 0.271 e. The van der Waals surface area contributed by atoms with Crippen LogP contribution in [0.2, 0.25) is 0 Å². The first-order valence-electron chi connectivity index (χ1n) is 5.92. The van der Waals surface area contributed by atoms with Crippen LogP contribution >= 0.6 is 0 Å². The van der Waals surface area contributed by atoms with Gasteiger partial charge in [-0.05, 0) is 13.0 Å². The van der Waals surface area contributed by atoms with Crippen LogP contribution in [0, 0.1) is 0 Å². The molecule has 2 rings (SSSR count). The van der Waals surface area contributed by atoms with Crippen molar-refractivity contribution in [3.63, 3.8) is 0 Å². The van der Waals surface area contributed by atoms with E-state index in [0.29, 0.717) is 5.69 Å². The molecule has 0 unspecified atom stereocenters. The van der Waals surface area contributed by atoms with E-state index < -0.39 is 0 Å². The molecule has 1 aromatic carbocycles. The van der Waals surface area contributed by atoms with Crippen LogP contribution in [0.3, 0.4) is 0 Å². The highest BCUT2D eigenvalue weighted by molar-refractivity contribution is 5.92. The van der Waals surface area contributed by atoms with Crippen LogP contribution in [-0.2, 0) is 0 Å². The van der Waals surface area contributed by atoms with Crippen molar-refractivity contribution in [2.75, 3.05) is 7.11 Å². The van der Waals surface area contributed by atoms with Gasteiger partial charge >= 0.3 is 0 Å². The largest absolute Gasteiger partial charge is 0.496 e. The molecule has 0 fully saturated rings. The molecule has 19 heavy (non-hydrogen) atoms. The Kier molecular flexibility index (Phi) is 4.07. The summed E-state index contributed by atoms with van der Waals surface area (Å²) in [6.07, 6.45) is 4.45. The minimum Gasteiger partial charge on any atom is -0.496 e. The molecule has 0 saturated heterocycles. The lowest BCUT2D eigenvalue weighted by Gasteiger charge is -2.16. The van der Waals surface area contributed by atoms with E-state index in [9.17, 15) is 4.79 Å². The van der Waals surface area contributed by atoms with E-state index in [-0.39, 0.29) is 11.9 Å². The summed E-state index contributed by atoms with van der Waals surface area (Å²) in [5.74, 6) is 0.487. The number of rotatable bonds is 4. The highest BCUT2D eigenvalue weighted by Gasteiger charge is 2.15. The molecule has 0 aliphatic rings. The van der Waals surface area contributed by atoms with Crippen molar-refractivity contribution in [1.82, 2.24) is 15.3 Å². The minimum absolute atomic E-state index is 0.175. The van der Waals surface area contributed by atoms with Gasteiger partial charge in [-0.25, -0.2) is 4.98 Å². The lowest BCUT2D eigenvalue weighted by molar-refractivity contribution is 0.0934. The molecular formula is C14H15N3O2. The van der Waals surface area contributed by atoms with Crippen LogP contribution in [-0.4, -0.2) is 23.0 Å². The van der Waals surface area contributed by atoms with E-state index in [4.69, 9.17) is 4.74 Å². The van der Waals surface area contributed by atoms with Crippen molar-refractivity contribution in [2.45, 2.75) is 13.0 Å². The summed E-state index contributed by atoms with van der Waals surface area (Å²) >= 11 is 0. The first kappa shape index (κ1) is 13.0. The Hall–Kier alpha value is -2.43. The van der Waals surface area contributed by atoms with Gasteiger partial charge in [0.2, 0.25) is 0 Å². The molecule has 0 bridgehead atoms. The number of para-hydroxylation sites is 1. The average Bonchev–Trinajstić information content (AvgIpc) is 2.48. The second-order valence-electron chi connectivity index (χ2n) is 4.03. The standard InChI is InChI=1S/C14H15N3O2/c1-10(11-5-3-4-6-13(11)19-2)17-14(18)12-9-15-7-8-16-12/h3-10H,1-2H3,(H,17,18)/t10-/m0/s1. The fourth-order valence-corrected chi connectivity index (χ4v) is 1.79. The monoisotopic (exact) mass is 257 g/mol. The SMILES string of the molecule is COc1ccccc1[C@H](C)NC(=O)c1cnccn1. The van der Waals surface area contributed by atoms with Crippen molar-refractivity contribution in [2.24, 2.45) is 0 Å². The maximum Gasteiger partial charge on any atom is 0.271 e. The van der Waals surface area contributed by atoms with Crippen LogP contribution in [0.25, 0.3) is 0 Å². The summed E-state index contributed by atoms with van der Waals surface area (Å²) in [5.41, 5.74) is 1.21. The number of aromatic nitrogens is 2. The molecule has 1 heterocycles. The maximum absolute atomic E-state index is 12.0. The Morgan fingerprint density at radius 3 is 2.79 bits per heavy atom. The van der Waals surface area contributed by atoms with Crippen molar-refractivity contribution in [3.05, 3.63) is 54.1 Å². The summed E-state index contributed by atoms with van der Waals surface area (Å²) in [4.78, 5) is 19.8. The number of hydrogen-bond donors (Lipinski definition) is 1. The predicted molar refractivity (Wildman–Crippen MR) is 70.9 cm³/mol. The average molecular weight is 257 g/mol. The second-order valence-corrected chi connectivity index (χ2v) is 4.03. The van der Waals surface area contributed by atoms with Crippen molar-refractivity contribution < 1.29 is 9.53 Å². The number of nitrogens with one attached hydrogen (secondary N) is 1. The predicted octanol–water partition coefficient (Wildman–Crippen LogP) is 1.98. The molecule has 1 N–H and O–H groups in total. The molecule has 0 radical (unpaired) electrons. The number of carbonyl (C=O) groups is 1. The van der Waals surface area contributed by atoms with E-state index in [1.165, 1.54) is 18.6 Å². The summed E-state index contributed by atoms with van der Waals surface area (Å²) in [6, 6.07) is 7.40. The third kappa shape index (κ3) is 3.07. The number of methoxy groups -OCH3 is 1. The third-order valence-corrected chi connectivity index (χ3v) is 2.75. The number of nitrogens with zero attached hydrogens (tertiary/aromatic N) is 2. The fraction of sp³-hybridized carbons (Fsp3) is 0.214. The van der Waals surface area contributed by atoms with Crippen molar-refractivity contribution >= 4 is 5.91 Å². The fourth-order valence-electron chi connectivity index (χ4n) is 1.79. The highest BCUT2D eigenvalue weighted by Crippen LogP contribution is 2.24. The molecular weight excluding hydrogens is 242 g/mol. The molecule has 5 heteroatoms. The van der Waals surface area contributed by atoms with Gasteiger partial charge in [0.15, 0.2) is 0 Å². The lowest BCUT2D eigenvalue weighted by Crippen LogP contribution is -2.27. The normalized spacial score (nSPS) is 11.7. The van der Waals surface area contributed by atoms with E-state index in [1.807, 2.05) is 31.2 Å². The van der Waals surface area contributed by atoms with Crippen LogP contribution < -0.4 is 10.1 Å². The number of amides is 1. The zero-order valence-electron chi connectivity index (χ0n) is 10.8. The van der Waals surface area contributed by atoms with Crippen LogP contribution in [0.1, 0.15) is 29.0 Å². The number of benzene rings is 1. The molecule has 0 spiro atoms. The summed E-state index contributed by atoms with van der Waals surface area (Å²) in [7, 11) is 1.61. The number of ether oxygens (including phenoxy) is 1. The van der Waals surface area contributed by atoms with Crippen molar-refractivity contribution in [1.29, 1.82) is 0 Å². The quantitative estimate of drug-likeness (QED) is 0.909. The van der Waals surface area contributed by atoms with Gasteiger partial charge in [-0.1, -0.05) is 18.2 Å². The first-order chi connectivity index (χ1) is 9.22. The van der Waals surface area contributed by atoms with E-state index in [0.717, 1.165) is 11.3 Å². The van der Waals surface area contributed by atoms with Crippen molar-refractivity contribution in [3.8, 4) is 5.75 Å². The molecule has 98 valence electrons. The van der Waals surface area contributed by atoms with Gasteiger partial charge in [0.25, 0.3) is 5.91 Å². The van der Waals surface area contributed by atoms with E-state index >= 15 is 0 Å². The highest BCUT2D eigenvalue weighted by atomic mass is 16.5. The van der Waals surface area contributed by atoms with Crippen LogP contribution in [0.5, 0.6) is 5.75 Å². The zero-order valence-corrected chi connectivity index (χ0v) is 10.8. The zero-order chi connectivity index (χ0) is 13.7. The van der Waals surface area contributed by atoms with Crippen LogP contribution in [0.15, 0.2) is 42.9 Å². The maximum atomic E-state index is 12.0. The number of carbonyl (C=O) groups excluding carboxylic acids is 1. The Bertz CT molecular complexity index is 558. The first-order valence-corrected chi connectivity index (χ1v) is 5.92. The van der Waals surface area contributed by atoms with Gasteiger partial charge in [-0.2, -0.15) is 0 Å². The molecule has 0 saturated carbocycles. The second kappa shape index (κ2) is 5.95. The Labute approximate surface area is 111 Å². The van der Waals surface area contributed by atoms with Gasteiger partial charge in [0.1, 0.15) is 11.4 Å². The Morgan fingerprint density at radius 1 is 1.32 bits per heavy atom. The summed E-state index contributed by atoms with van der Waals surface area (Å²) in [5, 5.41) is 2.87. The molecule has 0 aliphatic heterocycles. The molecule has 2 aromatic rings. The Balaban J connectivity index is 2.13. The Morgan fingerprint density at radius 2 is 2.11 bits per heavy atom. The minimum atomic E-state index is -0.258. The van der Waals surface area contributed by atoms with Crippen LogP contribution in [0.4, 0.5) is 0 Å². The van der Waals surface area contributed by atoms with Gasteiger partial charge < -0.3 is 10.1 Å². The molecule has 1 aromatic heterocycles. The third-order valence-electron chi connectivity index (χ3n) is 2.75. The summed E-state index contributed by atoms with van der Waals surface area (Å²) in [6.45, 7) is 1.89. The topological polar surface area (TPSA) is 64.1 Å². The molecule has 0 aliphatic carbocycles. The van der Waals surface area contributed by atoms with E-state index in [2.05, 4.69) is 15.3 Å².